The molecule has 0 radical (unpaired) electrons. The molecule has 294 valence electrons. The van der Waals surface area contributed by atoms with Gasteiger partial charge in [-0.2, -0.15) is 5.26 Å². The van der Waals surface area contributed by atoms with Gasteiger partial charge in [-0.05, 0) is 110 Å². The minimum Gasteiger partial charge on any atom is -0.264 e. The Morgan fingerprint density at radius 2 is 1.00 bits per heavy atom. The Kier molecular flexibility index (Phi) is 9.44. The molecule has 1 spiro atoms. The van der Waals surface area contributed by atoms with E-state index in [2.05, 4.69) is 163 Å². The van der Waals surface area contributed by atoms with E-state index >= 15 is 0 Å². The first kappa shape index (κ1) is 37.3. The Bertz CT molecular complexity index is 3120. The third kappa shape index (κ3) is 6.69. The molecule has 1 saturated carbocycles. The zero-order chi connectivity index (χ0) is 41.5. The summed E-state index contributed by atoms with van der Waals surface area (Å²) in [5, 5.41) is 9.86. The summed E-state index contributed by atoms with van der Waals surface area (Å²) in [5.74, 6) is 0.694. The lowest BCUT2D eigenvalue weighted by Crippen LogP contribution is -2.28. The van der Waals surface area contributed by atoms with Crippen molar-refractivity contribution in [2.24, 2.45) is 0 Å². The highest BCUT2D eigenvalue weighted by atomic mass is 14.9. The molecular weight excluding hydrogens is 753 g/mol. The minimum atomic E-state index is 0.0443. The number of benzene rings is 7. The third-order valence-electron chi connectivity index (χ3n) is 13.1. The van der Waals surface area contributed by atoms with Crippen molar-refractivity contribution in [2.75, 3.05) is 0 Å². The van der Waals surface area contributed by atoms with Gasteiger partial charge in [0.05, 0.1) is 23.0 Å². The van der Waals surface area contributed by atoms with Crippen LogP contribution in [-0.4, -0.2) is 15.0 Å². The second kappa shape index (κ2) is 15.7. The molecule has 0 N–H and O–H groups in total. The largest absolute Gasteiger partial charge is 0.264 e. The average Bonchev–Trinajstić information content (AvgIpc) is 3.62. The summed E-state index contributed by atoms with van der Waals surface area (Å²) in [4.78, 5) is 14.4. The van der Waals surface area contributed by atoms with Gasteiger partial charge in [0.2, 0.25) is 0 Å². The van der Waals surface area contributed by atoms with Gasteiger partial charge in [-0.25, -0.2) is 9.97 Å². The molecular formula is C58H42N4. The second-order valence-electron chi connectivity index (χ2n) is 16.6. The quantitative estimate of drug-likeness (QED) is 0.161. The molecule has 9 aromatic rings. The van der Waals surface area contributed by atoms with Crippen LogP contribution in [0.2, 0.25) is 0 Å². The first-order valence-corrected chi connectivity index (χ1v) is 21.6. The van der Waals surface area contributed by atoms with E-state index in [0.717, 1.165) is 55.9 Å². The van der Waals surface area contributed by atoms with Crippen LogP contribution in [0.1, 0.15) is 48.8 Å². The number of fused-ring (bicyclic) bond motifs is 5. The summed E-state index contributed by atoms with van der Waals surface area (Å²) in [5.41, 5.74) is 20.2. The van der Waals surface area contributed by atoms with E-state index in [9.17, 15) is 5.26 Å². The van der Waals surface area contributed by atoms with Crippen LogP contribution < -0.4 is 0 Å². The third-order valence-corrected chi connectivity index (χ3v) is 13.1. The van der Waals surface area contributed by atoms with E-state index in [1.54, 1.807) is 6.20 Å². The number of nitrogens with zero attached hydrogens (tertiary/aromatic N) is 4. The standard InChI is InChI=1S/C58H42N4/c59-37-39-17-30-52-51(34-39)56-50(15-8-16-53(56)58(52)31-5-2-6-32-58)43-24-18-40(19-25-43)47-12-7-13-48(35-47)41-20-26-44(27-21-41)54-36-55(62-57(61-54)46-10-3-1-4-11-46)45-28-22-42(23-29-45)49-14-9-33-60-38-49/h1,3-4,7-30,33-36,38H,2,5-6,31-32H2. The van der Waals surface area contributed by atoms with Crippen molar-refractivity contribution in [1.29, 1.82) is 5.26 Å². The minimum absolute atomic E-state index is 0.0443. The van der Waals surface area contributed by atoms with E-state index in [4.69, 9.17) is 9.97 Å². The molecule has 11 rings (SSSR count). The first-order valence-electron chi connectivity index (χ1n) is 21.6. The molecule has 0 aliphatic heterocycles. The van der Waals surface area contributed by atoms with Crippen molar-refractivity contribution in [3.63, 3.8) is 0 Å². The molecule has 0 amide bonds. The fourth-order valence-electron chi connectivity index (χ4n) is 9.94. The zero-order valence-electron chi connectivity index (χ0n) is 34.3. The predicted molar refractivity (Wildman–Crippen MR) is 252 cm³/mol. The van der Waals surface area contributed by atoms with Crippen molar-refractivity contribution in [1.82, 2.24) is 15.0 Å². The number of hydrogen-bond acceptors (Lipinski definition) is 4. The van der Waals surface area contributed by atoms with Crippen LogP contribution >= 0.6 is 0 Å². The monoisotopic (exact) mass is 794 g/mol. The van der Waals surface area contributed by atoms with Crippen molar-refractivity contribution < 1.29 is 0 Å². The molecule has 0 atom stereocenters. The topological polar surface area (TPSA) is 62.5 Å². The molecule has 4 nitrogen and oxygen atoms in total. The predicted octanol–water partition coefficient (Wildman–Crippen LogP) is 14.6. The molecule has 0 saturated heterocycles. The Labute approximate surface area is 362 Å². The molecule has 62 heavy (non-hydrogen) atoms. The zero-order valence-corrected chi connectivity index (χ0v) is 34.3. The van der Waals surface area contributed by atoms with Gasteiger partial charge in [-0.1, -0.05) is 171 Å². The van der Waals surface area contributed by atoms with Crippen molar-refractivity contribution in [3.8, 4) is 95.6 Å². The molecule has 2 aliphatic rings. The molecule has 0 unspecified atom stereocenters. The van der Waals surface area contributed by atoms with Crippen molar-refractivity contribution in [2.45, 2.75) is 37.5 Å². The summed E-state index contributed by atoms with van der Waals surface area (Å²) in [6.45, 7) is 0. The number of rotatable bonds is 7. The van der Waals surface area contributed by atoms with E-state index in [-0.39, 0.29) is 5.41 Å². The van der Waals surface area contributed by atoms with Gasteiger partial charge in [0, 0.05) is 34.5 Å². The van der Waals surface area contributed by atoms with Gasteiger partial charge < -0.3 is 0 Å². The van der Waals surface area contributed by atoms with Crippen LogP contribution in [-0.2, 0) is 5.41 Å². The smallest absolute Gasteiger partial charge is 0.160 e. The normalized spacial score (nSPS) is 13.6. The highest BCUT2D eigenvalue weighted by Gasteiger charge is 2.44. The molecule has 7 aromatic carbocycles. The first-order chi connectivity index (χ1) is 30.6. The van der Waals surface area contributed by atoms with E-state index in [1.807, 2.05) is 36.5 Å². The summed E-state index contributed by atoms with van der Waals surface area (Å²) in [7, 11) is 0. The number of aromatic nitrogens is 3. The summed E-state index contributed by atoms with van der Waals surface area (Å²) in [6.07, 6.45) is 9.79. The second-order valence-corrected chi connectivity index (χ2v) is 16.6. The molecule has 4 heteroatoms. The lowest BCUT2D eigenvalue weighted by molar-refractivity contribution is 0.353. The van der Waals surface area contributed by atoms with Gasteiger partial charge in [0.25, 0.3) is 0 Å². The Hall–Kier alpha value is -7.74. The van der Waals surface area contributed by atoms with Gasteiger partial charge in [0.1, 0.15) is 0 Å². The highest BCUT2D eigenvalue weighted by Crippen LogP contribution is 2.58. The lowest BCUT2D eigenvalue weighted by atomic mass is 9.67. The van der Waals surface area contributed by atoms with Crippen LogP contribution in [0.4, 0.5) is 0 Å². The maximum absolute atomic E-state index is 9.86. The summed E-state index contributed by atoms with van der Waals surface area (Å²) < 4.78 is 0. The van der Waals surface area contributed by atoms with Crippen molar-refractivity contribution in [3.05, 3.63) is 211 Å². The van der Waals surface area contributed by atoms with Gasteiger partial charge >= 0.3 is 0 Å². The van der Waals surface area contributed by atoms with Gasteiger partial charge in [-0.15, -0.1) is 0 Å². The average molecular weight is 795 g/mol. The molecule has 2 aromatic heterocycles. The van der Waals surface area contributed by atoms with Gasteiger partial charge in [-0.3, -0.25) is 4.98 Å². The van der Waals surface area contributed by atoms with Gasteiger partial charge in [0.15, 0.2) is 5.82 Å². The van der Waals surface area contributed by atoms with E-state index in [1.165, 1.54) is 76.6 Å². The summed E-state index contributed by atoms with van der Waals surface area (Å²) >= 11 is 0. The van der Waals surface area contributed by atoms with Crippen LogP contribution in [0.3, 0.4) is 0 Å². The maximum Gasteiger partial charge on any atom is 0.160 e. The molecule has 1 fully saturated rings. The highest BCUT2D eigenvalue weighted by molar-refractivity contribution is 5.93. The number of nitriles is 1. The molecule has 0 bridgehead atoms. The van der Waals surface area contributed by atoms with Crippen molar-refractivity contribution >= 4 is 0 Å². The van der Waals surface area contributed by atoms with Crippen LogP contribution in [0, 0.1) is 11.3 Å². The van der Waals surface area contributed by atoms with E-state index < -0.39 is 0 Å². The number of pyridine rings is 1. The maximum atomic E-state index is 9.86. The fraction of sp³-hybridized carbons (Fsp3) is 0.103. The summed E-state index contributed by atoms with van der Waals surface area (Å²) in [6, 6.07) is 67.0. The Balaban J connectivity index is 0.887. The number of hydrogen-bond donors (Lipinski definition) is 0. The van der Waals surface area contributed by atoms with Crippen LogP contribution in [0.5, 0.6) is 0 Å². The fourth-order valence-corrected chi connectivity index (χ4v) is 9.94. The SMILES string of the molecule is N#Cc1ccc2c(c1)-c1c(-c3ccc(-c4cccc(-c5ccc(-c6cc(-c7ccc(-c8cccnc8)cc7)nc(-c7ccccc7)n6)cc5)c4)cc3)cccc1C21CCCCC1. The van der Waals surface area contributed by atoms with E-state index in [0.29, 0.717) is 5.82 Å². The Morgan fingerprint density at radius 1 is 0.419 bits per heavy atom. The lowest BCUT2D eigenvalue weighted by Gasteiger charge is -2.36. The molecule has 2 heterocycles. The van der Waals surface area contributed by atoms with Crippen LogP contribution in [0.25, 0.3) is 89.5 Å². The molecule has 2 aliphatic carbocycles. The Morgan fingerprint density at radius 3 is 1.63 bits per heavy atom. The van der Waals surface area contributed by atoms with Crippen LogP contribution in [0.15, 0.2) is 194 Å².